The van der Waals surface area contributed by atoms with Crippen LogP contribution in [0.3, 0.4) is 0 Å². The molecule has 0 saturated heterocycles. The van der Waals surface area contributed by atoms with Gasteiger partial charge in [-0.2, -0.15) is 5.21 Å². The van der Waals surface area contributed by atoms with Gasteiger partial charge in [-0.05, 0) is 56.5 Å². The lowest BCUT2D eigenvalue weighted by Crippen LogP contribution is -2.27. The number of aryl methyl sites for hydroxylation is 1. The fourth-order valence-corrected chi connectivity index (χ4v) is 4.83. The monoisotopic (exact) mass is 524 g/mol. The molecule has 0 aliphatic heterocycles. The number of hydrogen-bond donors (Lipinski definition) is 1. The number of nitrogens with one attached hydrogen (secondary N) is 1. The summed E-state index contributed by atoms with van der Waals surface area (Å²) in [5.41, 5.74) is 4.74. The van der Waals surface area contributed by atoms with Crippen LogP contribution < -0.4 is 5.69 Å². The van der Waals surface area contributed by atoms with Crippen LogP contribution in [-0.4, -0.2) is 45.1 Å². The van der Waals surface area contributed by atoms with Crippen LogP contribution in [0.25, 0.3) is 28.3 Å². The van der Waals surface area contributed by atoms with Gasteiger partial charge in [-0.1, -0.05) is 43.7 Å². The van der Waals surface area contributed by atoms with Crippen molar-refractivity contribution < 1.29 is 4.79 Å². The lowest BCUT2D eigenvalue weighted by atomic mass is 10.0. The average Bonchev–Trinajstić information content (AvgIpc) is 3.68. The number of tetrazole rings is 1. The third-order valence-corrected chi connectivity index (χ3v) is 6.87. The third-order valence-electron chi connectivity index (χ3n) is 6.87. The fraction of sp³-hybridized carbons (Fsp3) is 0.310. The van der Waals surface area contributed by atoms with Gasteiger partial charge in [0.05, 0.1) is 17.8 Å². The molecular formula is C29H32N8O2. The van der Waals surface area contributed by atoms with E-state index in [9.17, 15) is 9.59 Å². The van der Waals surface area contributed by atoms with Crippen molar-refractivity contribution in [2.45, 2.75) is 59.5 Å². The number of pyridine rings is 1. The molecule has 1 aromatic carbocycles. The lowest BCUT2D eigenvalue weighted by molar-refractivity contribution is 0.101. The van der Waals surface area contributed by atoms with Gasteiger partial charge in [-0.3, -0.25) is 18.9 Å². The first-order valence-electron chi connectivity index (χ1n) is 13.2. The first-order chi connectivity index (χ1) is 18.9. The fourth-order valence-electron chi connectivity index (χ4n) is 4.83. The van der Waals surface area contributed by atoms with E-state index in [0.29, 0.717) is 23.8 Å². The summed E-state index contributed by atoms with van der Waals surface area (Å²) >= 11 is 0. The Kier molecular flexibility index (Phi) is 7.36. The van der Waals surface area contributed by atoms with Crippen molar-refractivity contribution in [3.63, 3.8) is 0 Å². The number of ketones is 1. The topological polar surface area (TPSA) is 116 Å². The van der Waals surface area contributed by atoms with Crippen molar-refractivity contribution in [1.82, 2.24) is 39.3 Å². The van der Waals surface area contributed by atoms with Gasteiger partial charge in [0.2, 0.25) is 5.82 Å². The smallest absolute Gasteiger partial charge is 0.331 e. The Hall–Kier alpha value is -4.60. The van der Waals surface area contributed by atoms with E-state index in [-0.39, 0.29) is 17.5 Å². The Balaban J connectivity index is 1.52. The van der Waals surface area contributed by atoms with Crippen LogP contribution in [0.5, 0.6) is 0 Å². The lowest BCUT2D eigenvalue weighted by Gasteiger charge is -2.14. The van der Waals surface area contributed by atoms with Crippen LogP contribution in [0.15, 0.2) is 65.8 Å². The standard InChI is InChI=1S/C29H32N8O2/c1-5-6-9-23-18-37(28-24(20(4)38)14-15-35(28)19(2)3)29(39)36(23)17-22-13-12-21(16-30-22)25-10-7-8-11-26(25)27-31-33-34-32-27/h7-8,10-16,18-19H,5-6,9,17H2,1-4H3,(H,31,32,33,34). The Morgan fingerprint density at radius 3 is 2.51 bits per heavy atom. The SMILES string of the molecule is CCCCc1cn(-c2c(C(C)=O)ccn2C(C)C)c(=O)n1Cc1ccc(-c2ccccc2-c2nn[nH]n2)cn1. The minimum atomic E-state index is -0.183. The molecule has 0 fully saturated rings. The molecule has 0 spiro atoms. The molecule has 0 amide bonds. The Bertz CT molecular complexity index is 1640. The maximum atomic E-state index is 13.8. The quantitative estimate of drug-likeness (QED) is 0.261. The summed E-state index contributed by atoms with van der Waals surface area (Å²) in [5.74, 6) is 1.05. The van der Waals surface area contributed by atoms with Gasteiger partial charge in [0.25, 0.3) is 0 Å². The number of nitrogens with zero attached hydrogens (tertiary/aromatic N) is 7. The number of carbonyl (C=O) groups is 1. The number of benzene rings is 1. The number of Topliss-reactive ketones (excluding diaryl/α,β-unsaturated/α-hetero) is 1. The summed E-state index contributed by atoms with van der Waals surface area (Å²) in [7, 11) is 0. The maximum Gasteiger partial charge on any atom is 0.334 e. The number of aromatic amines is 1. The molecule has 4 aromatic heterocycles. The molecule has 5 rings (SSSR count). The van der Waals surface area contributed by atoms with E-state index >= 15 is 0 Å². The van der Waals surface area contributed by atoms with Crippen molar-refractivity contribution in [2.24, 2.45) is 0 Å². The summed E-state index contributed by atoms with van der Waals surface area (Å²) in [6.45, 7) is 8.07. The minimum absolute atomic E-state index is 0.0717. The van der Waals surface area contributed by atoms with Crippen molar-refractivity contribution in [1.29, 1.82) is 0 Å². The number of aromatic nitrogens is 8. The van der Waals surface area contributed by atoms with Gasteiger partial charge in [0, 0.05) is 41.5 Å². The summed E-state index contributed by atoms with van der Waals surface area (Å²) in [6, 6.07) is 13.6. The van der Waals surface area contributed by atoms with E-state index in [1.54, 1.807) is 21.4 Å². The molecule has 0 aliphatic carbocycles. The molecule has 39 heavy (non-hydrogen) atoms. The molecule has 200 valence electrons. The van der Waals surface area contributed by atoms with Gasteiger partial charge in [0.1, 0.15) is 5.82 Å². The predicted molar refractivity (Wildman–Crippen MR) is 149 cm³/mol. The Labute approximate surface area is 226 Å². The van der Waals surface area contributed by atoms with E-state index in [0.717, 1.165) is 47.3 Å². The maximum absolute atomic E-state index is 13.8. The number of unbranched alkanes of at least 4 members (excludes halogenated alkanes) is 1. The minimum Gasteiger partial charge on any atom is -0.331 e. The van der Waals surface area contributed by atoms with E-state index in [1.165, 1.54) is 6.92 Å². The molecule has 0 radical (unpaired) electrons. The summed E-state index contributed by atoms with van der Waals surface area (Å²) < 4.78 is 5.37. The molecule has 10 heteroatoms. The van der Waals surface area contributed by atoms with Crippen LogP contribution in [-0.2, 0) is 13.0 Å². The second-order valence-corrected chi connectivity index (χ2v) is 9.89. The van der Waals surface area contributed by atoms with E-state index in [4.69, 9.17) is 4.98 Å². The molecule has 0 unspecified atom stereocenters. The Morgan fingerprint density at radius 1 is 1.08 bits per heavy atom. The van der Waals surface area contributed by atoms with Crippen LogP contribution in [0, 0.1) is 0 Å². The number of hydrogen-bond acceptors (Lipinski definition) is 6. The number of rotatable bonds is 10. The highest BCUT2D eigenvalue weighted by Crippen LogP contribution is 2.29. The first kappa shape index (κ1) is 26.0. The number of imidazole rings is 1. The highest BCUT2D eigenvalue weighted by molar-refractivity contribution is 5.97. The van der Waals surface area contributed by atoms with E-state index in [1.807, 2.05) is 67.2 Å². The van der Waals surface area contributed by atoms with Crippen LogP contribution in [0.4, 0.5) is 0 Å². The normalized spacial score (nSPS) is 11.4. The van der Waals surface area contributed by atoms with Gasteiger partial charge >= 0.3 is 5.69 Å². The van der Waals surface area contributed by atoms with Crippen LogP contribution in [0.1, 0.15) is 68.3 Å². The predicted octanol–water partition coefficient (Wildman–Crippen LogP) is 4.86. The molecule has 1 N–H and O–H groups in total. The van der Waals surface area contributed by atoms with Crippen molar-refractivity contribution in [3.05, 3.63) is 88.5 Å². The van der Waals surface area contributed by atoms with E-state index in [2.05, 4.69) is 27.5 Å². The van der Waals surface area contributed by atoms with Crippen molar-refractivity contribution in [2.75, 3.05) is 0 Å². The molecule has 5 aromatic rings. The Morgan fingerprint density at radius 2 is 1.87 bits per heavy atom. The highest BCUT2D eigenvalue weighted by Gasteiger charge is 2.22. The molecule has 0 bridgehead atoms. The molecule has 0 saturated carbocycles. The second-order valence-electron chi connectivity index (χ2n) is 9.89. The zero-order valence-corrected chi connectivity index (χ0v) is 22.6. The van der Waals surface area contributed by atoms with Crippen molar-refractivity contribution >= 4 is 5.78 Å². The second kappa shape index (κ2) is 11.0. The molecule has 0 aliphatic rings. The summed E-state index contributed by atoms with van der Waals surface area (Å²) in [5, 5.41) is 14.4. The molecule has 4 heterocycles. The van der Waals surface area contributed by atoms with Crippen LogP contribution >= 0.6 is 0 Å². The molecular weight excluding hydrogens is 492 g/mol. The summed E-state index contributed by atoms with van der Waals surface area (Å²) in [6.07, 6.45) is 8.28. The van der Waals surface area contributed by atoms with Gasteiger partial charge < -0.3 is 4.57 Å². The number of carbonyl (C=O) groups excluding carboxylic acids is 1. The van der Waals surface area contributed by atoms with E-state index < -0.39 is 0 Å². The average molecular weight is 525 g/mol. The first-order valence-corrected chi connectivity index (χ1v) is 13.2. The largest absolute Gasteiger partial charge is 0.334 e. The van der Waals surface area contributed by atoms with Gasteiger partial charge in [-0.25, -0.2) is 4.79 Å². The third kappa shape index (κ3) is 5.09. The summed E-state index contributed by atoms with van der Waals surface area (Å²) in [4.78, 5) is 31.0. The van der Waals surface area contributed by atoms with Gasteiger partial charge in [0.15, 0.2) is 5.78 Å². The van der Waals surface area contributed by atoms with Crippen LogP contribution in [0.2, 0.25) is 0 Å². The van der Waals surface area contributed by atoms with Gasteiger partial charge in [-0.15, -0.1) is 10.2 Å². The zero-order chi connectivity index (χ0) is 27.5. The number of H-pyrrole nitrogens is 1. The van der Waals surface area contributed by atoms with Crippen molar-refractivity contribution in [3.8, 4) is 28.3 Å². The molecule has 10 nitrogen and oxygen atoms in total. The molecule has 0 atom stereocenters. The zero-order valence-electron chi connectivity index (χ0n) is 22.6. The highest BCUT2D eigenvalue weighted by atomic mass is 16.2.